The van der Waals surface area contributed by atoms with Crippen molar-refractivity contribution in [3.8, 4) is 5.75 Å². The minimum atomic E-state index is -0.441. The average Bonchev–Trinajstić information content (AvgIpc) is 2.74. The number of morpholine rings is 1. The number of benzene rings is 2. The van der Waals surface area contributed by atoms with Crippen LogP contribution in [0.4, 0.5) is 5.69 Å². The number of amides is 1. The summed E-state index contributed by atoms with van der Waals surface area (Å²) in [6, 6.07) is 9.81. The molecule has 1 aliphatic rings. The number of hydrogen-bond acceptors (Lipinski definition) is 7. The van der Waals surface area contributed by atoms with Crippen LogP contribution < -0.4 is 10.2 Å². The number of non-ortho nitro benzene ring substituents is 1. The van der Waals surface area contributed by atoms with Gasteiger partial charge in [0, 0.05) is 25.2 Å². The Morgan fingerprint density at radius 1 is 1.23 bits per heavy atom. The minimum Gasteiger partial charge on any atom is -0.487 e. The molecule has 0 saturated carbocycles. The summed E-state index contributed by atoms with van der Waals surface area (Å²) >= 11 is 6.95. The summed E-state index contributed by atoms with van der Waals surface area (Å²) in [6.07, 6.45) is 1.55. The van der Waals surface area contributed by atoms with Gasteiger partial charge in [-0.1, -0.05) is 0 Å². The molecule has 2 aromatic carbocycles. The van der Waals surface area contributed by atoms with Gasteiger partial charge in [0.05, 0.1) is 39.8 Å². The van der Waals surface area contributed by atoms with Gasteiger partial charge < -0.3 is 9.47 Å². The lowest BCUT2D eigenvalue weighted by Gasteiger charge is -2.25. The van der Waals surface area contributed by atoms with Gasteiger partial charge in [-0.25, -0.2) is 5.43 Å². The van der Waals surface area contributed by atoms with Crippen LogP contribution in [0.5, 0.6) is 5.75 Å². The Hall–Kier alpha value is -2.34. The van der Waals surface area contributed by atoms with Crippen molar-refractivity contribution in [3.63, 3.8) is 0 Å². The standard InChI is InChI=1S/C20H20Br2N4O5/c21-17-9-15(11-23-24-19(27)12-25-5-7-30-8-6-25)10-18(22)20(17)31-13-14-1-3-16(4-2-14)26(28)29/h1-4,9-11H,5-8,12-13H2,(H,24,27)/b23-11+. The Labute approximate surface area is 195 Å². The van der Waals surface area contributed by atoms with Crippen LogP contribution in [-0.4, -0.2) is 54.8 Å². The monoisotopic (exact) mass is 554 g/mol. The number of carbonyl (C=O) groups is 1. The Kier molecular flexibility index (Phi) is 8.52. The summed E-state index contributed by atoms with van der Waals surface area (Å²) in [4.78, 5) is 24.3. The van der Waals surface area contributed by atoms with Gasteiger partial charge in [-0.05, 0) is 67.3 Å². The zero-order valence-electron chi connectivity index (χ0n) is 16.4. The number of nitrogens with one attached hydrogen (secondary N) is 1. The van der Waals surface area contributed by atoms with Crippen molar-refractivity contribution in [2.45, 2.75) is 6.61 Å². The largest absolute Gasteiger partial charge is 0.487 e. The van der Waals surface area contributed by atoms with Gasteiger partial charge in [0.15, 0.2) is 0 Å². The molecule has 164 valence electrons. The van der Waals surface area contributed by atoms with E-state index in [0.29, 0.717) is 27.9 Å². The van der Waals surface area contributed by atoms with Crippen molar-refractivity contribution < 1.29 is 19.2 Å². The normalized spacial score (nSPS) is 14.5. The van der Waals surface area contributed by atoms with E-state index < -0.39 is 4.92 Å². The minimum absolute atomic E-state index is 0.0341. The van der Waals surface area contributed by atoms with Crippen molar-refractivity contribution >= 4 is 49.7 Å². The fourth-order valence-corrected chi connectivity index (χ4v) is 4.29. The predicted octanol–water partition coefficient (Wildman–Crippen LogP) is 3.48. The predicted molar refractivity (Wildman–Crippen MR) is 122 cm³/mol. The second kappa shape index (κ2) is 11.3. The number of nitro benzene ring substituents is 1. The molecular formula is C20H20Br2N4O5. The van der Waals surface area contributed by atoms with Crippen LogP contribution in [0.1, 0.15) is 11.1 Å². The summed E-state index contributed by atoms with van der Waals surface area (Å²) < 4.78 is 12.5. The third kappa shape index (κ3) is 7.10. The molecule has 0 atom stereocenters. The van der Waals surface area contributed by atoms with Gasteiger partial charge in [-0.2, -0.15) is 5.10 Å². The first-order chi connectivity index (χ1) is 14.9. The van der Waals surface area contributed by atoms with Crippen LogP contribution in [-0.2, 0) is 16.1 Å². The number of rotatable bonds is 8. The molecule has 11 heteroatoms. The fourth-order valence-electron chi connectivity index (χ4n) is 2.84. The Balaban J connectivity index is 1.54. The molecule has 1 amide bonds. The molecular weight excluding hydrogens is 536 g/mol. The molecule has 3 rings (SSSR count). The number of nitrogens with zero attached hydrogens (tertiary/aromatic N) is 3. The molecule has 1 heterocycles. The average molecular weight is 556 g/mol. The van der Waals surface area contributed by atoms with Gasteiger partial charge in [-0.3, -0.25) is 19.8 Å². The van der Waals surface area contributed by atoms with Crippen molar-refractivity contribution in [3.05, 3.63) is 66.6 Å². The molecule has 1 saturated heterocycles. The molecule has 0 spiro atoms. The number of ether oxygens (including phenoxy) is 2. The van der Waals surface area contributed by atoms with E-state index in [1.165, 1.54) is 12.1 Å². The van der Waals surface area contributed by atoms with Crippen LogP contribution in [0.3, 0.4) is 0 Å². The molecule has 0 bridgehead atoms. The highest BCUT2D eigenvalue weighted by molar-refractivity contribution is 9.11. The summed E-state index contributed by atoms with van der Waals surface area (Å²) in [7, 11) is 0. The molecule has 2 aromatic rings. The summed E-state index contributed by atoms with van der Waals surface area (Å²) in [5, 5.41) is 14.8. The molecule has 0 aliphatic carbocycles. The SMILES string of the molecule is O=C(CN1CCOCC1)N/N=C/c1cc(Br)c(OCc2ccc([N+](=O)[O-])cc2)c(Br)c1. The number of carbonyl (C=O) groups excluding carboxylic acids is 1. The topological polar surface area (TPSA) is 106 Å². The Morgan fingerprint density at radius 2 is 1.87 bits per heavy atom. The first-order valence-corrected chi connectivity index (χ1v) is 11.0. The summed E-state index contributed by atoms with van der Waals surface area (Å²) in [5.74, 6) is 0.409. The van der Waals surface area contributed by atoms with Crippen LogP contribution in [0.25, 0.3) is 0 Å². The molecule has 9 nitrogen and oxygen atoms in total. The smallest absolute Gasteiger partial charge is 0.269 e. The third-order valence-electron chi connectivity index (χ3n) is 4.42. The molecule has 1 fully saturated rings. The highest BCUT2D eigenvalue weighted by Gasteiger charge is 2.14. The number of halogens is 2. The van der Waals surface area contributed by atoms with Crippen LogP contribution in [0.2, 0.25) is 0 Å². The van der Waals surface area contributed by atoms with Gasteiger partial charge in [-0.15, -0.1) is 0 Å². The number of hydrogen-bond donors (Lipinski definition) is 1. The second-order valence-corrected chi connectivity index (χ2v) is 8.42. The van der Waals surface area contributed by atoms with Gasteiger partial charge >= 0.3 is 0 Å². The highest BCUT2D eigenvalue weighted by Crippen LogP contribution is 2.35. The lowest BCUT2D eigenvalue weighted by atomic mass is 10.2. The van der Waals surface area contributed by atoms with Crippen LogP contribution >= 0.6 is 31.9 Å². The summed E-state index contributed by atoms with van der Waals surface area (Å²) in [6.45, 7) is 3.27. The van der Waals surface area contributed by atoms with Crippen molar-refractivity contribution in [1.82, 2.24) is 10.3 Å². The van der Waals surface area contributed by atoms with E-state index >= 15 is 0 Å². The molecule has 31 heavy (non-hydrogen) atoms. The molecule has 0 unspecified atom stereocenters. The molecule has 1 aliphatic heterocycles. The van der Waals surface area contributed by atoms with E-state index in [9.17, 15) is 14.9 Å². The molecule has 0 aromatic heterocycles. The maximum Gasteiger partial charge on any atom is 0.269 e. The Morgan fingerprint density at radius 3 is 2.48 bits per heavy atom. The van der Waals surface area contributed by atoms with Gasteiger partial charge in [0.2, 0.25) is 0 Å². The fraction of sp³-hybridized carbons (Fsp3) is 0.300. The molecule has 1 N–H and O–H groups in total. The number of nitro groups is 1. The molecule has 0 radical (unpaired) electrons. The first kappa shape index (κ1) is 23.3. The zero-order chi connectivity index (χ0) is 22.2. The van der Waals surface area contributed by atoms with E-state index in [-0.39, 0.29) is 24.7 Å². The lowest BCUT2D eigenvalue weighted by molar-refractivity contribution is -0.384. The van der Waals surface area contributed by atoms with E-state index in [1.807, 2.05) is 17.0 Å². The quantitative estimate of drug-likeness (QED) is 0.303. The van der Waals surface area contributed by atoms with E-state index in [4.69, 9.17) is 9.47 Å². The van der Waals surface area contributed by atoms with Crippen molar-refractivity contribution in [2.75, 3.05) is 32.8 Å². The van der Waals surface area contributed by atoms with E-state index in [1.54, 1.807) is 18.3 Å². The maximum atomic E-state index is 12.0. The third-order valence-corrected chi connectivity index (χ3v) is 5.60. The highest BCUT2D eigenvalue weighted by atomic mass is 79.9. The maximum absolute atomic E-state index is 12.0. The van der Waals surface area contributed by atoms with Crippen molar-refractivity contribution in [1.29, 1.82) is 0 Å². The second-order valence-electron chi connectivity index (χ2n) is 6.71. The summed E-state index contributed by atoms with van der Waals surface area (Å²) in [5.41, 5.74) is 4.12. The van der Waals surface area contributed by atoms with E-state index in [0.717, 1.165) is 24.2 Å². The van der Waals surface area contributed by atoms with Gasteiger partial charge in [0.25, 0.3) is 11.6 Å². The number of hydrazone groups is 1. The van der Waals surface area contributed by atoms with Crippen molar-refractivity contribution in [2.24, 2.45) is 5.10 Å². The van der Waals surface area contributed by atoms with Crippen LogP contribution in [0.15, 0.2) is 50.4 Å². The lowest BCUT2D eigenvalue weighted by Crippen LogP contribution is -2.42. The van der Waals surface area contributed by atoms with E-state index in [2.05, 4.69) is 42.4 Å². The first-order valence-electron chi connectivity index (χ1n) is 9.39. The van der Waals surface area contributed by atoms with Gasteiger partial charge in [0.1, 0.15) is 12.4 Å². The zero-order valence-corrected chi connectivity index (χ0v) is 19.6. The Bertz CT molecular complexity index is 940. The van der Waals surface area contributed by atoms with Crippen LogP contribution in [0, 0.1) is 10.1 Å².